The van der Waals surface area contributed by atoms with Gasteiger partial charge in [-0.15, -0.1) is 0 Å². The van der Waals surface area contributed by atoms with Crippen LogP contribution in [0.4, 0.5) is 16.2 Å². The first-order chi connectivity index (χ1) is 18.2. The van der Waals surface area contributed by atoms with E-state index in [9.17, 15) is 4.79 Å². The van der Waals surface area contributed by atoms with Gasteiger partial charge in [-0.25, -0.2) is 4.79 Å². The summed E-state index contributed by atoms with van der Waals surface area (Å²) in [6.45, 7) is 17.0. The normalized spacial score (nSPS) is 11.9. The quantitative estimate of drug-likeness (QED) is 0.228. The second-order valence-corrected chi connectivity index (χ2v) is 10.2. The average molecular weight is 515 g/mol. The van der Waals surface area contributed by atoms with Gasteiger partial charge >= 0.3 is 6.09 Å². The van der Waals surface area contributed by atoms with Gasteiger partial charge in [-0.3, -0.25) is 0 Å². The molecule has 3 aromatic rings. The molecule has 6 heteroatoms. The second-order valence-electron chi connectivity index (χ2n) is 10.2. The van der Waals surface area contributed by atoms with Crippen molar-refractivity contribution in [2.75, 3.05) is 31.5 Å². The molecule has 0 heterocycles. The minimum atomic E-state index is -0.525. The van der Waals surface area contributed by atoms with E-state index in [1.54, 1.807) is 0 Å². The summed E-state index contributed by atoms with van der Waals surface area (Å²) in [4.78, 5) is 14.3. The van der Waals surface area contributed by atoms with E-state index in [-0.39, 0.29) is 6.04 Å². The minimum absolute atomic E-state index is 0.0660. The summed E-state index contributed by atoms with van der Waals surface area (Å²) < 4.78 is 5.36. The Morgan fingerprint density at radius 1 is 0.868 bits per heavy atom. The maximum absolute atomic E-state index is 12.1. The molecule has 0 saturated heterocycles. The largest absolute Gasteiger partial charge is 0.444 e. The van der Waals surface area contributed by atoms with Crippen molar-refractivity contribution in [1.29, 1.82) is 0 Å². The van der Waals surface area contributed by atoms with Crippen LogP contribution in [-0.4, -0.2) is 42.8 Å². The summed E-state index contributed by atoms with van der Waals surface area (Å²) in [6, 6.07) is 27.1. The first-order valence-corrected chi connectivity index (χ1v) is 13.4. The molecule has 3 N–H and O–H groups in total. The predicted molar refractivity (Wildman–Crippen MR) is 159 cm³/mol. The molecule has 0 aromatic heterocycles. The van der Waals surface area contributed by atoms with Gasteiger partial charge in [0.2, 0.25) is 0 Å². The molecule has 0 fully saturated rings. The van der Waals surface area contributed by atoms with Crippen molar-refractivity contribution in [2.45, 2.75) is 46.3 Å². The molecule has 0 spiro atoms. The Morgan fingerprint density at radius 3 is 2.16 bits per heavy atom. The number of alkyl carbamates (subject to hydrolysis) is 1. The Hall–Kier alpha value is -3.77. The SMILES string of the molecule is C=C(c1ccc([C@H](NCCNC(=O)OC(C)(C)C)c2cccc(Nc3ccccc3)c2)cc1)N(CC)CC. The number of rotatable bonds is 12. The Balaban J connectivity index is 1.79. The molecule has 0 aliphatic carbocycles. The van der Waals surface area contributed by atoms with E-state index >= 15 is 0 Å². The van der Waals surface area contributed by atoms with Crippen LogP contribution in [0.15, 0.2) is 85.4 Å². The van der Waals surface area contributed by atoms with E-state index in [4.69, 9.17) is 4.74 Å². The van der Waals surface area contributed by atoms with Crippen molar-refractivity contribution >= 4 is 23.2 Å². The second kappa shape index (κ2) is 13.7. The monoisotopic (exact) mass is 514 g/mol. The van der Waals surface area contributed by atoms with Crippen molar-refractivity contribution in [3.05, 3.63) is 102 Å². The molecule has 0 aliphatic rings. The van der Waals surface area contributed by atoms with Gasteiger partial charge in [-0.1, -0.05) is 61.2 Å². The summed E-state index contributed by atoms with van der Waals surface area (Å²) in [5, 5.41) is 9.95. The summed E-state index contributed by atoms with van der Waals surface area (Å²) in [6.07, 6.45) is -0.413. The number of para-hydroxylation sites is 1. The Morgan fingerprint density at radius 2 is 1.53 bits per heavy atom. The first-order valence-electron chi connectivity index (χ1n) is 13.4. The van der Waals surface area contributed by atoms with Gasteiger partial charge in [0.1, 0.15) is 5.60 Å². The van der Waals surface area contributed by atoms with Crippen molar-refractivity contribution in [3.63, 3.8) is 0 Å². The Labute approximate surface area is 228 Å². The van der Waals surface area contributed by atoms with Crippen LogP contribution in [-0.2, 0) is 4.74 Å². The van der Waals surface area contributed by atoms with E-state index in [1.165, 1.54) is 0 Å². The average Bonchev–Trinajstić information content (AvgIpc) is 2.89. The minimum Gasteiger partial charge on any atom is -0.444 e. The summed E-state index contributed by atoms with van der Waals surface area (Å²) >= 11 is 0. The molecule has 3 aromatic carbocycles. The van der Waals surface area contributed by atoms with Crippen LogP contribution in [0.1, 0.15) is 57.4 Å². The van der Waals surface area contributed by atoms with Crippen molar-refractivity contribution < 1.29 is 9.53 Å². The number of carbonyl (C=O) groups is 1. The van der Waals surface area contributed by atoms with Gasteiger partial charge in [-0.2, -0.15) is 0 Å². The topological polar surface area (TPSA) is 65.6 Å². The number of nitrogens with one attached hydrogen (secondary N) is 3. The van der Waals surface area contributed by atoms with E-state index < -0.39 is 11.7 Å². The van der Waals surface area contributed by atoms with Crippen LogP contribution < -0.4 is 16.0 Å². The van der Waals surface area contributed by atoms with E-state index in [1.807, 2.05) is 51.1 Å². The van der Waals surface area contributed by atoms with Gasteiger partial charge in [0.15, 0.2) is 0 Å². The number of hydrogen-bond donors (Lipinski definition) is 3. The van der Waals surface area contributed by atoms with Gasteiger partial charge in [0.25, 0.3) is 0 Å². The number of amides is 1. The maximum atomic E-state index is 12.1. The van der Waals surface area contributed by atoms with Crippen molar-refractivity contribution in [3.8, 4) is 0 Å². The van der Waals surface area contributed by atoms with E-state index in [0.717, 1.165) is 46.9 Å². The predicted octanol–water partition coefficient (Wildman–Crippen LogP) is 6.95. The molecule has 0 saturated carbocycles. The van der Waals surface area contributed by atoms with Crippen LogP contribution in [0.5, 0.6) is 0 Å². The lowest BCUT2D eigenvalue weighted by Crippen LogP contribution is -2.37. The lowest BCUT2D eigenvalue weighted by molar-refractivity contribution is 0.0528. The fourth-order valence-electron chi connectivity index (χ4n) is 4.26. The molecule has 3 rings (SSSR count). The molecule has 38 heavy (non-hydrogen) atoms. The number of benzene rings is 3. The fourth-order valence-corrected chi connectivity index (χ4v) is 4.26. The van der Waals surface area contributed by atoms with E-state index in [2.05, 4.69) is 89.8 Å². The molecule has 202 valence electrons. The number of ether oxygens (including phenoxy) is 1. The summed E-state index contributed by atoms with van der Waals surface area (Å²) in [7, 11) is 0. The van der Waals surface area contributed by atoms with Crippen LogP contribution in [0.2, 0.25) is 0 Å². The smallest absolute Gasteiger partial charge is 0.407 e. The van der Waals surface area contributed by atoms with Gasteiger partial charge in [0, 0.05) is 43.3 Å². The molecule has 0 radical (unpaired) electrons. The number of nitrogens with zero attached hydrogens (tertiary/aromatic N) is 1. The van der Waals surface area contributed by atoms with Crippen molar-refractivity contribution in [2.24, 2.45) is 0 Å². The highest BCUT2D eigenvalue weighted by molar-refractivity contribution is 5.67. The third kappa shape index (κ3) is 8.67. The molecule has 1 amide bonds. The maximum Gasteiger partial charge on any atom is 0.407 e. The van der Waals surface area contributed by atoms with Crippen LogP contribution in [0.3, 0.4) is 0 Å². The molecule has 0 unspecified atom stereocenters. The summed E-state index contributed by atoms with van der Waals surface area (Å²) in [5.74, 6) is 0. The summed E-state index contributed by atoms with van der Waals surface area (Å²) in [5.41, 5.74) is 5.93. The van der Waals surface area contributed by atoms with Crippen LogP contribution >= 0.6 is 0 Å². The zero-order chi connectivity index (χ0) is 27.5. The molecular weight excluding hydrogens is 472 g/mol. The number of hydrogen-bond acceptors (Lipinski definition) is 5. The Kier molecular flexibility index (Phi) is 10.4. The zero-order valence-electron chi connectivity index (χ0n) is 23.4. The fraction of sp³-hybridized carbons (Fsp3) is 0.344. The standard InChI is InChI=1S/C32H42N4O2/c1-7-36(8-2)24(3)25-17-19-26(20-18-25)30(33-21-22-34-31(37)38-32(4,5)6)27-13-12-16-29(23-27)35-28-14-10-9-11-15-28/h9-20,23,30,33,35H,3,7-8,21-22H2,1-2,4-6H3,(H,34,37)/t30-/m0/s1. The van der Waals surface area contributed by atoms with Crippen molar-refractivity contribution in [1.82, 2.24) is 15.5 Å². The molecular formula is C32H42N4O2. The first kappa shape index (κ1) is 28.8. The van der Waals surface area contributed by atoms with Crippen LogP contribution in [0.25, 0.3) is 5.70 Å². The molecule has 0 aliphatic heterocycles. The Bertz CT molecular complexity index is 1170. The van der Waals surface area contributed by atoms with E-state index in [0.29, 0.717) is 13.1 Å². The van der Waals surface area contributed by atoms with Gasteiger partial charge in [-0.05, 0) is 75.6 Å². The molecule has 0 bridgehead atoms. The third-order valence-electron chi connectivity index (χ3n) is 6.15. The van der Waals surface area contributed by atoms with Gasteiger partial charge in [0.05, 0.1) is 6.04 Å². The zero-order valence-corrected chi connectivity index (χ0v) is 23.4. The lowest BCUT2D eigenvalue weighted by atomic mass is 9.96. The number of anilines is 2. The highest BCUT2D eigenvalue weighted by Crippen LogP contribution is 2.27. The van der Waals surface area contributed by atoms with Gasteiger partial charge < -0.3 is 25.6 Å². The third-order valence-corrected chi connectivity index (χ3v) is 6.15. The van der Waals surface area contributed by atoms with Crippen LogP contribution in [0, 0.1) is 0 Å². The lowest BCUT2D eigenvalue weighted by Gasteiger charge is -2.25. The highest BCUT2D eigenvalue weighted by atomic mass is 16.6. The molecule has 6 nitrogen and oxygen atoms in total. The highest BCUT2D eigenvalue weighted by Gasteiger charge is 2.17. The molecule has 1 atom stereocenters. The number of carbonyl (C=O) groups excluding carboxylic acids is 1.